The highest BCUT2D eigenvalue weighted by atomic mass is 16.2. The van der Waals surface area contributed by atoms with Gasteiger partial charge in [-0.05, 0) is 19.9 Å². The molecule has 0 bridgehead atoms. The topological polar surface area (TPSA) is 44.6 Å². The number of carbonyl (C=O) groups is 1. The van der Waals surface area contributed by atoms with E-state index < -0.39 is 0 Å². The number of likely N-dealkylation sites (N-methyl/N-ethyl adjacent to an activating group) is 1. The van der Waals surface area contributed by atoms with E-state index in [2.05, 4.69) is 26.4 Å². The van der Waals surface area contributed by atoms with Crippen LogP contribution in [0.3, 0.4) is 0 Å². The minimum atomic E-state index is 0.311. The number of piperazine rings is 1. The molecule has 0 atom stereocenters. The van der Waals surface area contributed by atoms with Crippen LogP contribution in [-0.4, -0.2) is 69.9 Å². The van der Waals surface area contributed by atoms with Crippen molar-refractivity contribution in [1.82, 2.24) is 24.3 Å². The van der Waals surface area contributed by atoms with Crippen LogP contribution in [-0.2, 0) is 24.4 Å². The van der Waals surface area contributed by atoms with Crippen molar-refractivity contribution >= 4 is 5.91 Å². The van der Waals surface area contributed by atoms with Gasteiger partial charge in [0.05, 0.1) is 12.2 Å². The van der Waals surface area contributed by atoms with Gasteiger partial charge >= 0.3 is 0 Å². The van der Waals surface area contributed by atoms with Crippen LogP contribution in [0.2, 0.25) is 0 Å². The van der Waals surface area contributed by atoms with E-state index in [1.54, 1.807) is 0 Å². The number of hydrogen-bond acceptors (Lipinski definition) is 4. The van der Waals surface area contributed by atoms with Crippen molar-refractivity contribution in [3.8, 4) is 0 Å². The second kappa shape index (κ2) is 5.66. The summed E-state index contributed by atoms with van der Waals surface area (Å²) in [6.45, 7) is 7.96. The third-order valence-electron chi connectivity index (χ3n) is 5.17. The molecule has 6 nitrogen and oxygen atoms in total. The van der Waals surface area contributed by atoms with Crippen LogP contribution < -0.4 is 0 Å². The van der Waals surface area contributed by atoms with E-state index in [1.807, 2.05) is 11.1 Å². The van der Waals surface area contributed by atoms with E-state index in [4.69, 9.17) is 0 Å². The summed E-state index contributed by atoms with van der Waals surface area (Å²) in [6.07, 6.45) is 4.18. The first kappa shape index (κ1) is 14.2. The van der Waals surface area contributed by atoms with Crippen molar-refractivity contribution in [2.45, 2.75) is 32.5 Å². The third-order valence-corrected chi connectivity index (χ3v) is 5.17. The largest absolute Gasteiger partial charge is 0.333 e. The van der Waals surface area contributed by atoms with Gasteiger partial charge in [0.15, 0.2) is 0 Å². The summed E-state index contributed by atoms with van der Waals surface area (Å²) < 4.78 is 2.33. The van der Waals surface area contributed by atoms with Gasteiger partial charge in [0.1, 0.15) is 5.82 Å². The molecule has 3 aliphatic rings. The zero-order chi connectivity index (χ0) is 15.1. The summed E-state index contributed by atoms with van der Waals surface area (Å²) in [5, 5.41) is 0. The van der Waals surface area contributed by atoms with Crippen molar-refractivity contribution in [3.63, 3.8) is 0 Å². The number of imidazole rings is 1. The van der Waals surface area contributed by atoms with Crippen LogP contribution in [0, 0.1) is 5.92 Å². The summed E-state index contributed by atoms with van der Waals surface area (Å²) in [5.41, 5.74) is 1.30. The molecule has 0 aromatic carbocycles. The first-order valence-electron chi connectivity index (χ1n) is 8.43. The second-order valence-corrected chi connectivity index (χ2v) is 6.93. The Morgan fingerprint density at radius 3 is 2.68 bits per heavy atom. The lowest BCUT2D eigenvalue weighted by Gasteiger charge is -2.33. The highest BCUT2D eigenvalue weighted by molar-refractivity contribution is 5.81. The standard InChI is InChI=1S/C16H25N5O/c1-18-4-6-19(7-5-18)11-14-10-17-15-12-20(8-9-21(14)15)16(22)13-2-3-13/h10,13H,2-9,11-12H2,1H3. The van der Waals surface area contributed by atoms with E-state index in [0.717, 1.165) is 64.5 Å². The SMILES string of the molecule is CN1CCN(Cc2cnc3n2CCN(C(=O)C2CC2)C3)CC1. The normalized spacial score (nSPS) is 23.6. The van der Waals surface area contributed by atoms with Gasteiger partial charge < -0.3 is 14.4 Å². The lowest BCUT2D eigenvalue weighted by atomic mass is 10.2. The highest BCUT2D eigenvalue weighted by Crippen LogP contribution is 2.32. The molecule has 0 radical (unpaired) electrons. The Morgan fingerprint density at radius 2 is 1.95 bits per heavy atom. The summed E-state index contributed by atoms with van der Waals surface area (Å²) >= 11 is 0. The minimum Gasteiger partial charge on any atom is -0.333 e. The van der Waals surface area contributed by atoms with Crippen molar-refractivity contribution in [2.75, 3.05) is 39.8 Å². The van der Waals surface area contributed by atoms with Crippen LogP contribution in [0.15, 0.2) is 6.20 Å². The molecule has 1 aromatic heterocycles. The zero-order valence-corrected chi connectivity index (χ0v) is 13.4. The Hall–Kier alpha value is -1.40. The third kappa shape index (κ3) is 2.77. The summed E-state index contributed by atoms with van der Waals surface area (Å²) in [6, 6.07) is 0. The summed E-state index contributed by atoms with van der Waals surface area (Å²) in [7, 11) is 2.18. The van der Waals surface area contributed by atoms with E-state index >= 15 is 0 Å². The van der Waals surface area contributed by atoms with Gasteiger partial charge in [-0.15, -0.1) is 0 Å². The number of hydrogen-bond donors (Lipinski definition) is 0. The molecule has 0 spiro atoms. The monoisotopic (exact) mass is 303 g/mol. The van der Waals surface area contributed by atoms with Crippen LogP contribution in [0.1, 0.15) is 24.4 Å². The Labute approximate surface area is 131 Å². The molecule has 1 saturated heterocycles. The molecule has 2 fully saturated rings. The Morgan fingerprint density at radius 1 is 1.18 bits per heavy atom. The molecule has 1 saturated carbocycles. The summed E-state index contributed by atoms with van der Waals surface area (Å²) in [4.78, 5) is 23.7. The van der Waals surface area contributed by atoms with E-state index in [1.165, 1.54) is 5.69 Å². The molecular formula is C16H25N5O. The van der Waals surface area contributed by atoms with Crippen molar-refractivity contribution in [3.05, 3.63) is 17.7 Å². The molecule has 3 heterocycles. The van der Waals surface area contributed by atoms with Gasteiger partial charge in [0, 0.05) is 57.9 Å². The first-order valence-corrected chi connectivity index (χ1v) is 8.43. The molecular weight excluding hydrogens is 278 g/mol. The van der Waals surface area contributed by atoms with Gasteiger partial charge in [-0.3, -0.25) is 9.69 Å². The summed E-state index contributed by atoms with van der Waals surface area (Å²) in [5.74, 6) is 1.71. The average molecular weight is 303 g/mol. The predicted molar refractivity (Wildman–Crippen MR) is 83.1 cm³/mol. The smallest absolute Gasteiger partial charge is 0.226 e. The Balaban J connectivity index is 1.41. The van der Waals surface area contributed by atoms with Crippen molar-refractivity contribution in [1.29, 1.82) is 0 Å². The molecule has 22 heavy (non-hydrogen) atoms. The van der Waals surface area contributed by atoms with Crippen molar-refractivity contribution < 1.29 is 4.79 Å². The van der Waals surface area contributed by atoms with Gasteiger partial charge in [-0.25, -0.2) is 4.98 Å². The van der Waals surface area contributed by atoms with Gasteiger partial charge in [0.25, 0.3) is 0 Å². The lowest BCUT2D eigenvalue weighted by molar-refractivity contribution is -0.134. The van der Waals surface area contributed by atoms with Crippen molar-refractivity contribution in [2.24, 2.45) is 5.92 Å². The fourth-order valence-corrected chi connectivity index (χ4v) is 3.46. The van der Waals surface area contributed by atoms with Crippen LogP contribution in [0.5, 0.6) is 0 Å². The maximum absolute atomic E-state index is 12.2. The van der Waals surface area contributed by atoms with E-state index in [-0.39, 0.29) is 0 Å². The second-order valence-electron chi connectivity index (χ2n) is 6.93. The number of amides is 1. The molecule has 120 valence electrons. The molecule has 6 heteroatoms. The number of carbonyl (C=O) groups excluding carboxylic acids is 1. The van der Waals surface area contributed by atoms with E-state index in [0.29, 0.717) is 18.4 Å². The van der Waals surface area contributed by atoms with Crippen LogP contribution in [0.4, 0.5) is 0 Å². The maximum atomic E-state index is 12.2. The van der Waals surface area contributed by atoms with Gasteiger partial charge in [-0.1, -0.05) is 0 Å². The number of nitrogens with zero attached hydrogens (tertiary/aromatic N) is 5. The first-order chi connectivity index (χ1) is 10.7. The van der Waals surface area contributed by atoms with Gasteiger partial charge in [0.2, 0.25) is 5.91 Å². The molecule has 1 amide bonds. The Bertz CT molecular complexity index is 557. The van der Waals surface area contributed by atoms with Crippen LogP contribution in [0.25, 0.3) is 0 Å². The molecule has 4 rings (SSSR count). The van der Waals surface area contributed by atoms with E-state index in [9.17, 15) is 4.79 Å². The number of rotatable bonds is 3. The average Bonchev–Trinajstić information content (AvgIpc) is 3.31. The fraction of sp³-hybridized carbons (Fsp3) is 0.750. The minimum absolute atomic E-state index is 0.311. The maximum Gasteiger partial charge on any atom is 0.226 e. The predicted octanol–water partition coefficient (Wildman–Crippen LogP) is 0.383. The molecule has 1 aromatic rings. The zero-order valence-electron chi connectivity index (χ0n) is 13.4. The molecule has 0 unspecified atom stereocenters. The van der Waals surface area contributed by atoms with Gasteiger partial charge in [-0.2, -0.15) is 0 Å². The lowest BCUT2D eigenvalue weighted by Crippen LogP contribution is -2.44. The number of fused-ring (bicyclic) bond motifs is 1. The molecule has 0 N–H and O–H groups in total. The Kier molecular flexibility index (Phi) is 3.66. The molecule has 2 aliphatic heterocycles. The fourth-order valence-electron chi connectivity index (χ4n) is 3.46. The van der Waals surface area contributed by atoms with Crippen LogP contribution >= 0.6 is 0 Å². The number of aromatic nitrogens is 2. The molecule has 1 aliphatic carbocycles. The quantitative estimate of drug-likeness (QED) is 0.810. The highest BCUT2D eigenvalue weighted by Gasteiger charge is 2.35.